The van der Waals surface area contributed by atoms with E-state index in [4.69, 9.17) is 9.47 Å². The van der Waals surface area contributed by atoms with Crippen LogP contribution in [-0.4, -0.2) is 37.6 Å². The van der Waals surface area contributed by atoms with Crippen molar-refractivity contribution in [3.05, 3.63) is 23.8 Å². The van der Waals surface area contributed by atoms with Gasteiger partial charge in [-0.25, -0.2) is 0 Å². The Morgan fingerprint density at radius 3 is 2.68 bits per heavy atom. The molecule has 19 heavy (non-hydrogen) atoms. The predicted octanol–water partition coefficient (Wildman–Crippen LogP) is 2.72. The van der Waals surface area contributed by atoms with Crippen LogP contribution < -0.4 is 9.47 Å². The van der Waals surface area contributed by atoms with Gasteiger partial charge in [0.1, 0.15) is 11.5 Å². The molecule has 1 fully saturated rings. The minimum atomic E-state index is 0.0479. The Morgan fingerprint density at radius 2 is 2.05 bits per heavy atom. The first-order valence-electron chi connectivity index (χ1n) is 6.70. The van der Waals surface area contributed by atoms with Crippen LogP contribution in [0.25, 0.3) is 0 Å². The van der Waals surface area contributed by atoms with Gasteiger partial charge < -0.3 is 14.4 Å². The van der Waals surface area contributed by atoms with Crippen molar-refractivity contribution >= 4 is 5.91 Å². The van der Waals surface area contributed by atoms with Gasteiger partial charge in [0.15, 0.2) is 0 Å². The van der Waals surface area contributed by atoms with Crippen molar-refractivity contribution in [2.75, 3.05) is 20.8 Å². The fraction of sp³-hybridized carbons (Fsp3) is 0.533. The molecule has 0 saturated carbocycles. The molecule has 2 rings (SSSR count). The first-order valence-corrected chi connectivity index (χ1v) is 6.70. The third-order valence-electron chi connectivity index (χ3n) is 3.70. The highest BCUT2D eigenvalue weighted by Crippen LogP contribution is 2.28. The number of rotatable bonds is 3. The molecule has 0 radical (unpaired) electrons. The largest absolute Gasteiger partial charge is 0.497 e. The summed E-state index contributed by atoms with van der Waals surface area (Å²) < 4.78 is 10.5. The van der Waals surface area contributed by atoms with Gasteiger partial charge in [0.05, 0.1) is 19.8 Å². The van der Waals surface area contributed by atoms with E-state index in [0.717, 1.165) is 19.4 Å². The fourth-order valence-electron chi connectivity index (χ4n) is 2.53. The number of nitrogens with zero attached hydrogens (tertiary/aromatic N) is 1. The van der Waals surface area contributed by atoms with Gasteiger partial charge in [-0.3, -0.25) is 4.79 Å². The van der Waals surface area contributed by atoms with Crippen LogP contribution in [0.15, 0.2) is 18.2 Å². The standard InChI is InChI=1S/C15H21NO3/c1-11-6-4-5-9-16(11)15(17)13-8-7-12(18-2)10-14(13)19-3/h7-8,10-11H,4-6,9H2,1-3H3/t11-/m1/s1. The van der Waals surface area contributed by atoms with Crippen LogP contribution in [0.5, 0.6) is 11.5 Å². The number of hydrogen-bond acceptors (Lipinski definition) is 3. The van der Waals surface area contributed by atoms with Crippen LogP contribution in [0.3, 0.4) is 0 Å². The normalized spacial score (nSPS) is 19.1. The number of carbonyl (C=O) groups is 1. The second-order valence-electron chi connectivity index (χ2n) is 4.91. The lowest BCUT2D eigenvalue weighted by molar-refractivity contribution is 0.0632. The molecule has 0 aromatic heterocycles. The van der Waals surface area contributed by atoms with Crippen LogP contribution in [0.4, 0.5) is 0 Å². The highest BCUT2D eigenvalue weighted by molar-refractivity contribution is 5.97. The van der Waals surface area contributed by atoms with E-state index >= 15 is 0 Å². The van der Waals surface area contributed by atoms with Gasteiger partial charge in [0, 0.05) is 18.7 Å². The highest BCUT2D eigenvalue weighted by atomic mass is 16.5. The maximum atomic E-state index is 12.6. The minimum Gasteiger partial charge on any atom is -0.497 e. The monoisotopic (exact) mass is 263 g/mol. The zero-order valence-electron chi connectivity index (χ0n) is 11.8. The molecule has 0 unspecified atom stereocenters. The van der Waals surface area contributed by atoms with E-state index in [9.17, 15) is 4.79 Å². The Labute approximate surface area is 114 Å². The lowest BCUT2D eigenvalue weighted by Gasteiger charge is -2.33. The van der Waals surface area contributed by atoms with Crippen LogP contribution in [0.1, 0.15) is 36.5 Å². The Morgan fingerprint density at radius 1 is 1.26 bits per heavy atom. The second kappa shape index (κ2) is 5.95. The summed E-state index contributed by atoms with van der Waals surface area (Å²) in [5, 5.41) is 0. The van der Waals surface area contributed by atoms with E-state index in [0.29, 0.717) is 23.1 Å². The van der Waals surface area contributed by atoms with Gasteiger partial charge >= 0.3 is 0 Å². The van der Waals surface area contributed by atoms with Crippen LogP contribution in [-0.2, 0) is 0 Å². The highest BCUT2D eigenvalue weighted by Gasteiger charge is 2.26. The summed E-state index contributed by atoms with van der Waals surface area (Å²) in [5.41, 5.74) is 0.608. The molecule has 104 valence electrons. The number of likely N-dealkylation sites (tertiary alicyclic amines) is 1. The topological polar surface area (TPSA) is 38.8 Å². The molecule has 0 spiro atoms. The SMILES string of the molecule is COc1ccc(C(=O)N2CCCC[C@H]2C)c(OC)c1. The quantitative estimate of drug-likeness (QED) is 0.841. The molecular formula is C15H21NO3. The summed E-state index contributed by atoms with van der Waals surface area (Å²) in [6.45, 7) is 2.93. The molecule has 0 bridgehead atoms. The molecule has 1 aromatic rings. The van der Waals surface area contributed by atoms with Gasteiger partial charge in [-0.1, -0.05) is 0 Å². The third-order valence-corrected chi connectivity index (χ3v) is 3.70. The molecule has 0 N–H and O–H groups in total. The third kappa shape index (κ3) is 2.83. The van der Waals surface area contributed by atoms with E-state index in [1.807, 2.05) is 4.90 Å². The summed E-state index contributed by atoms with van der Waals surface area (Å²) in [6, 6.07) is 5.63. The van der Waals surface area contributed by atoms with E-state index in [1.54, 1.807) is 32.4 Å². The van der Waals surface area contributed by atoms with Gasteiger partial charge in [0.25, 0.3) is 5.91 Å². The molecule has 4 heteroatoms. The summed E-state index contributed by atoms with van der Waals surface area (Å²) in [6.07, 6.45) is 3.35. The summed E-state index contributed by atoms with van der Waals surface area (Å²) in [5.74, 6) is 1.31. The smallest absolute Gasteiger partial charge is 0.257 e. The minimum absolute atomic E-state index is 0.0479. The molecule has 1 heterocycles. The van der Waals surface area contributed by atoms with E-state index in [1.165, 1.54) is 6.42 Å². The van der Waals surface area contributed by atoms with Gasteiger partial charge in [-0.05, 0) is 38.3 Å². The Balaban J connectivity index is 2.27. The van der Waals surface area contributed by atoms with Crippen molar-refractivity contribution in [3.8, 4) is 11.5 Å². The summed E-state index contributed by atoms with van der Waals surface area (Å²) in [4.78, 5) is 14.5. The molecule has 4 nitrogen and oxygen atoms in total. The molecule has 1 saturated heterocycles. The number of amides is 1. The van der Waals surface area contributed by atoms with Crippen LogP contribution >= 0.6 is 0 Å². The van der Waals surface area contributed by atoms with Crippen LogP contribution in [0.2, 0.25) is 0 Å². The molecule has 1 aromatic carbocycles. The molecule has 1 atom stereocenters. The van der Waals surface area contributed by atoms with E-state index in [-0.39, 0.29) is 5.91 Å². The Hall–Kier alpha value is -1.71. The number of hydrogen-bond donors (Lipinski definition) is 0. The Kier molecular flexibility index (Phi) is 4.30. The maximum Gasteiger partial charge on any atom is 0.257 e. The van der Waals surface area contributed by atoms with Crippen molar-refractivity contribution in [1.29, 1.82) is 0 Å². The van der Waals surface area contributed by atoms with Crippen molar-refractivity contribution in [2.24, 2.45) is 0 Å². The zero-order chi connectivity index (χ0) is 13.8. The van der Waals surface area contributed by atoms with Gasteiger partial charge in [0.2, 0.25) is 0 Å². The van der Waals surface area contributed by atoms with Crippen molar-refractivity contribution < 1.29 is 14.3 Å². The average molecular weight is 263 g/mol. The second-order valence-corrected chi connectivity index (χ2v) is 4.91. The molecular weight excluding hydrogens is 242 g/mol. The molecule has 0 aliphatic carbocycles. The van der Waals surface area contributed by atoms with Gasteiger partial charge in [-0.15, -0.1) is 0 Å². The molecule has 1 aliphatic heterocycles. The van der Waals surface area contributed by atoms with Crippen molar-refractivity contribution in [2.45, 2.75) is 32.2 Å². The van der Waals surface area contributed by atoms with Crippen LogP contribution in [0, 0.1) is 0 Å². The first kappa shape index (κ1) is 13.7. The van der Waals surface area contributed by atoms with Crippen molar-refractivity contribution in [3.63, 3.8) is 0 Å². The zero-order valence-corrected chi connectivity index (χ0v) is 11.8. The predicted molar refractivity (Wildman–Crippen MR) is 73.9 cm³/mol. The summed E-state index contributed by atoms with van der Waals surface area (Å²) >= 11 is 0. The average Bonchev–Trinajstić information content (AvgIpc) is 2.46. The Bertz CT molecular complexity index is 459. The number of carbonyl (C=O) groups excluding carboxylic acids is 1. The number of methoxy groups -OCH3 is 2. The number of benzene rings is 1. The van der Waals surface area contributed by atoms with E-state index in [2.05, 4.69) is 6.92 Å². The molecule has 1 amide bonds. The van der Waals surface area contributed by atoms with E-state index < -0.39 is 0 Å². The summed E-state index contributed by atoms with van der Waals surface area (Å²) in [7, 11) is 3.17. The fourth-order valence-corrected chi connectivity index (χ4v) is 2.53. The molecule has 1 aliphatic rings. The number of ether oxygens (including phenoxy) is 2. The van der Waals surface area contributed by atoms with Crippen molar-refractivity contribution in [1.82, 2.24) is 4.90 Å². The first-order chi connectivity index (χ1) is 9.17. The maximum absolute atomic E-state index is 12.6. The lowest BCUT2D eigenvalue weighted by atomic mass is 10.0. The lowest BCUT2D eigenvalue weighted by Crippen LogP contribution is -2.42. The van der Waals surface area contributed by atoms with Gasteiger partial charge in [-0.2, -0.15) is 0 Å². The number of piperidine rings is 1.